The first-order valence-corrected chi connectivity index (χ1v) is 6.80. The first-order chi connectivity index (χ1) is 9.13. The number of nitrogens with zero attached hydrogens (tertiary/aromatic N) is 2. The third-order valence-corrected chi connectivity index (χ3v) is 4.05. The van der Waals surface area contributed by atoms with Crippen molar-refractivity contribution in [1.82, 2.24) is 10.3 Å². The van der Waals surface area contributed by atoms with E-state index in [1.165, 1.54) is 0 Å². The van der Waals surface area contributed by atoms with Crippen molar-refractivity contribution in [3.8, 4) is 0 Å². The Morgan fingerprint density at radius 1 is 1.53 bits per heavy atom. The summed E-state index contributed by atoms with van der Waals surface area (Å²) in [5, 5.41) is 3.31. The molecule has 0 aromatic carbocycles. The number of carbonyl (C=O) groups excluding carboxylic acids is 1. The van der Waals surface area contributed by atoms with Gasteiger partial charge in [-0.15, -0.1) is 0 Å². The van der Waals surface area contributed by atoms with Crippen LogP contribution >= 0.6 is 0 Å². The highest BCUT2D eigenvalue weighted by molar-refractivity contribution is 5.97. The molecule has 1 aromatic rings. The molecule has 19 heavy (non-hydrogen) atoms. The van der Waals surface area contributed by atoms with Crippen LogP contribution in [0.5, 0.6) is 0 Å². The molecular formula is C14H22N4O. The molecule has 5 nitrogen and oxygen atoms in total. The van der Waals surface area contributed by atoms with Gasteiger partial charge >= 0.3 is 0 Å². The van der Waals surface area contributed by atoms with Gasteiger partial charge in [0.15, 0.2) is 0 Å². The number of nitrogens with two attached hydrogens (primary N) is 1. The van der Waals surface area contributed by atoms with E-state index in [-0.39, 0.29) is 0 Å². The van der Waals surface area contributed by atoms with Gasteiger partial charge in [-0.25, -0.2) is 4.98 Å². The van der Waals surface area contributed by atoms with Crippen LogP contribution in [0.15, 0.2) is 18.3 Å². The molecule has 0 spiro atoms. The van der Waals surface area contributed by atoms with Crippen LogP contribution in [0.1, 0.15) is 30.1 Å². The molecular weight excluding hydrogens is 240 g/mol. The van der Waals surface area contributed by atoms with Crippen molar-refractivity contribution in [2.24, 2.45) is 11.7 Å². The number of anilines is 1. The Morgan fingerprint density at radius 2 is 2.21 bits per heavy atom. The van der Waals surface area contributed by atoms with Crippen LogP contribution in [0.4, 0.5) is 5.82 Å². The summed E-state index contributed by atoms with van der Waals surface area (Å²) in [6.45, 7) is 4.07. The van der Waals surface area contributed by atoms with Gasteiger partial charge < -0.3 is 16.0 Å². The third kappa shape index (κ3) is 3.04. The van der Waals surface area contributed by atoms with Crippen molar-refractivity contribution in [1.29, 1.82) is 0 Å². The van der Waals surface area contributed by atoms with Gasteiger partial charge in [-0.3, -0.25) is 4.79 Å². The monoisotopic (exact) mass is 262 g/mol. The minimum absolute atomic E-state index is 0.409. The summed E-state index contributed by atoms with van der Waals surface area (Å²) < 4.78 is 0. The number of hydrogen-bond acceptors (Lipinski definition) is 4. The van der Waals surface area contributed by atoms with Crippen LogP contribution in [0, 0.1) is 5.92 Å². The number of piperidine rings is 1. The number of carbonyl (C=O) groups is 1. The second-order valence-corrected chi connectivity index (χ2v) is 5.14. The Balaban J connectivity index is 2.08. The minimum atomic E-state index is -0.409. The van der Waals surface area contributed by atoms with Gasteiger partial charge in [0, 0.05) is 25.3 Å². The standard InChI is InChI=1S/C14H22N4O/c1-10(16-2)11-5-8-18(9-6-11)14-12(13(15)19)4-3-7-17-14/h3-4,7,10-11,16H,5-6,8-9H2,1-2H3,(H2,15,19). The largest absolute Gasteiger partial charge is 0.365 e. The van der Waals surface area contributed by atoms with Gasteiger partial charge in [0.05, 0.1) is 5.56 Å². The molecule has 0 radical (unpaired) electrons. The van der Waals surface area contributed by atoms with E-state index in [2.05, 4.69) is 22.1 Å². The minimum Gasteiger partial charge on any atom is -0.365 e. The van der Waals surface area contributed by atoms with E-state index in [9.17, 15) is 4.79 Å². The number of pyridine rings is 1. The summed E-state index contributed by atoms with van der Waals surface area (Å²) in [5.74, 6) is 1.00. The first kappa shape index (κ1) is 13.8. The molecule has 0 saturated carbocycles. The van der Waals surface area contributed by atoms with Gasteiger partial charge in [-0.1, -0.05) is 0 Å². The molecule has 0 bridgehead atoms. The molecule has 1 unspecified atom stereocenters. The Hall–Kier alpha value is -1.62. The fourth-order valence-corrected chi connectivity index (χ4v) is 2.69. The lowest BCUT2D eigenvalue weighted by molar-refractivity contribution is 0.100. The SMILES string of the molecule is CNC(C)C1CCN(c2ncccc2C(N)=O)CC1. The van der Waals surface area contributed by atoms with Crippen molar-refractivity contribution in [2.75, 3.05) is 25.0 Å². The van der Waals surface area contributed by atoms with Gasteiger partial charge in [0.2, 0.25) is 0 Å². The Bertz CT molecular complexity index is 441. The molecule has 2 heterocycles. The summed E-state index contributed by atoms with van der Waals surface area (Å²) in [6, 6.07) is 4.02. The lowest BCUT2D eigenvalue weighted by atomic mass is 9.90. The highest BCUT2D eigenvalue weighted by Crippen LogP contribution is 2.25. The molecule has 1 amide bonds. The zero-order valence-corrected chi connectivity index (χ0v) is 11.6. The fourth-order valence-electron chi connectivity index (χ4n) is 2.69. The van der Waals surface area contributed by atoms with E-state index in [4.69, 9.17) is 5.73 Å². The van der Waals surface area contributed by atoms with E-state index in [0.717, 1.165) is 31.7 Å². The maximum Gasteiger partial charge on any atom is 0.252 e. The highest BCUT2D eigenvalue weighted by atomic mass is 16.1. The van der Waals surface area contributed by atoms with Crippen molar-refractivity contribution in [3.63, 3.8) is 0 Å². The Labute approximate surface area is 114 Å². The van der Waals surface area contributed by atoms with Crippen molar-refractivity contribution in [2.45, 2.75) is 25.8 Å². The second kappa shape index (κ2) is 6.02. The number of hydrogen-bond donors (Lipinski definition) is 2. The zero-order valence-electron chi connectivity index (χ0n) is 11.6. The van der Waals surface area contributed by atoms with Crippen LogP contribution < -0.4 is 16.0 Å². The molecule has 5 heteroatoms. The quantitative estimate of drug-likeness (QED) is 0.849. The number of nitrogens with one attached hydrogen (secondary N) is 1. The van der Waals surface area contributed by atoms with Crippen LogP contribution in [-0.4, -0.2) is 37.1 Å². The smallest absolute Gasteiger partial charge is 0.252 e. The number of amides is 1. The lowest BCUT2D eigenvalue weighted by Crippen LogP contribution is -2.41. The molecule has 1 aliphatic rings. The average Bonchev–Trinajstić information content (AvgIpc) is 2.46. The number of primary amides is 1. The van der Waals surface area contributed by atoms with E-state index in [1.54, 1.807) is 18.3 Å². The maximum absolute atomic E-state index is 11.4. The summed E-state index contributed by atoms with van der Waals surface area (Å²) in [5.41, 5.74) is 5.92. The Kier molecular flexibility index (Phi) is 4.37. The molecule has 1 aromatic heterocycles. The molecule has 2 rings (SSSR count). The van der Waals surface area contributed by atoms with Crippen LogP contribution in [0.3, 0.4) is 0 Å². The van der Waals surface area contributed by atoms with Gasteiger partial charge in [-0.05, 0) is 44.9 Å². The topological polar surface area (TPSA) is 71.2 Å². The molecule has 1 saturated heterocycles. The summed E-state index contributed by atoms with van der Waals surface area (Å²) in [4.78, 5) is 17.9. The molecule has 0 aliphatic carbocycles. The summed E-state index contributed by atoms with van der Waals surface area (Å²) in [7, 11) is 2.00. The van der Waals surface area contributed by atoms with E-state index < -0.39 is 5.91 Å². The van der Waals surface area contributed by atoms with Crippen LogP contribution in [0.2, 0.25) is 0 Å². The lowest BCUT2D eigenvalue weighted by Gasteiger charge is -2.36. The predicted molar refractivity (Wildman–Crippen MR) is 76.2 cm³/mol. The maximum atomic E-state index is 11.4. The third-order valence-electron chi connectivity index (χ3n) is 4.05. The molecule has 1 fully saturated rings. The molecule has 104 valence electrons. The van der Waals surface area contributed by atoms with Crippen molar-refractivity contribution < 1.29 is 4.79 Å². The van der Waals surface area contributed by atoms with Crippen LogP contribution in [-0.2, 0) is 0 Å². The fraction of sp³-hybridized carbons (Fsp3) is 0.571. The van der Waals surface area contributed by atoms with E-state index in [1.807, 2.05) is 7.05 Å². The number of rotatable bonds is 4. The van der Waals surface area contributed by atoms with Crippen LogP contribution in [0.25, 0.3) is 0 Å². The van der Waals surface area contributed by atoms with Gasteiger partial charge in [0.25, 0.3) is 5.91 Å². The summed E-state index contributed by atoms with van der Waals surface area (Å²) >= 11 is 0. The molecule has 3 N–H and O–H groups in total. The van der Waals surface area contributed by atoms with E-state index >= 15 is 0 Å². The van der Waals surface area contributed by atoms with Gasteiger partial charge in [-0.2, -0.15) is 0 Å². The van der Waals surface area contributed by atoms with E-state index in [0.29, 0.717) is 17.5 Å². The average molecular weight is 262 g/mol. The Morgan fingerprint density at radius 3 is 2.79 bits per heavy atom. The number of aromatic nitrogens is 1. The highest BCUT2D eigenvalue weighted by Gasteiger charge is 2.25. The molecule has 1 aliphatic heterocycles. The second-order valence-electron chi connectivity index (χ2n) is 5.14. The zero-order chi connectivity index (χ0) is 13.8. The predicted octanol–water partition coefficient (Wildman–Crippen LogP) is 1.00. The normalized spacial score (nSPS) is 18.3. The summed E-state index contributed by atoms with van der Waals surface area (Å²) in [6.07, 6.45) is 3.93. The molecule has 1 atom stereocenters. The van der Waals surface area contributed by atoms with Crippen molar-refractivity contribution >= 4 is 11.7 Å². The van der Waals surface area contributed by atoms with Gasteiger partial charge in [0.1, 0.15) is 5.82 Å². The van der Waals surface area contributed by atoms with Crippen molar-refractivity contribution in [3.05, 3.63) is 23.9 Å². The first-order valence-electron chi connectivity index (χ1n) is 6.80.